The van der Waals surface area contributed by atoms with Crippen LogP contribution in [0.5, 0.6) is 11.5 Å². The number of methoxy groups -OCH3 is 2. The first kappa shape index (κ1) is 18.5. The maximum atomic E-state index is 13.1. The van der Waals surface area contributed by atoms with E-state index in [0.29, 0.717) is 29.8 Å². The minimum absolute atomic E-state index is 0.0417. The van der Waals surface area contributed by atoms with Crippen molar-refractivity contribution in [3.05, 3.63) is 18.2 Å². The zero-order valence-electron chi connectivity index (χ0n) is 15.9. The molecule has 2 aliphatic heterocycles. The highest BCUT2D eigenvalue weighted by molar-refractivity contribution is 6.01. The number of carbonyl (C=O) groups is 2. The van der Waals surface area contributed by atoms with E-state index in [0.717, 1.165) is 25.8 Å². The molecule has 6 nitrogen and oxygen atoms in total. The van der Waals surface area contributed by atoms with Gasteiger partial charge in [0.25, 0.3) is 0 Å². The van der Waals surface area contributed by atoms with E-state index < -0.39 is 0 Å². The van der Waals surface area contributed by atoms with E-state index in [1.165, 1.54) is 6.42 Å². The Labute approximate surface area is 155 Å². The average molecular weight is 360 g/mol. The molecule has 1 aromatic rings. The molecule has 0 radical (unpaired) electrons. The van der Waals surface area contributed by atoms with E-state index in [2.05, 4.69) is 6.92 Å². The van der Waals surface area contributed by atoms with Crippen LogP contribution in [0.3, 0.4) is 0 Å². The molecule has 2 amide bonds. The fourth-order valence-corrected chi connectivity index (χ4v) is 4.06. The summed E-state index contributed by atoms with van der Waals surface area (Å²) >= 11 is 0. The first-order valence-corrected chi connectivity index (χ1v) is 9.41. The second-order valence-corrected chi connectivity index (χ2v) is 7.03. The Hall–Kier alpha value is -2.24. The van der Waals surface area contributed by atoms with Crippen LogP contribution in [0.2, 0.25) is 0 Å². The second-order valence-electron chi connectivity index (χ2n) is 7.03. The molecule has 2 unspecified atom stereocenters. The monoisotopic (exact) mass is 360 g/mol. The molecule has 3 rings (SSSR count). The van der Waals surface area contributed by atoms with Crippen molar-refractivity contribution in [3.8, 4) is 11.5 Å². The van der Waals surface area contributed by atoms with Crippen LogP contribution in [0.4, 0.5) is 5.69 Å². The highest BCUT2D eigenvalue weighted by Crippen LogP contribution is 2.36. The summed E-state index contributed by atoms with van der Waals surface area (Å²) in [6.07, 6.45) is 4.53. The second kappa shape index (κ2) is 7.98. The van der Waals surface area contributed by atoms with Crippen molar-refractivity contribution < 1.29 is 19.1 Å². The minimum atomic E-state index is -0.287. The van der Waals surface area contributed by atoms with Crippen LogP contribution < -0.4 is 14.4 Å². The molecule has 1 aromatic carbocycles. The predicted octanol–water partition coefficient (Wildman–Crippen LogP) is 2.85. The van der Waals surface area contributed by atoms with Gasteiger partial charge in [0.1, 0.15) is 11.5 Å². The van der Waals surface area contributed by atoms with E-state index in [-0.39, 0.29) is 24.2 Å². The molecule has 0 bridgehead atoms. The van der Waals surface area contributed by atoms with Crippen molar-refractivity contribution in [2.75, 3.05) is 32.2 Å². The van der Waals surface area contributed by atoms with Crippen LogP contribution in [0.15, 0.2) is 18.2 Å². The van der Waals surface area contributed by atoms with Gasteiger partial charge in [0.05, 0.1) is 25.8 Å². The SMILES string of the molecule is CCC1CCCCN1C(=O)C1CC(=O)N(c2cc(OC)ccc2OC)C1. The third-order valence-corrected chi connectivity index (χ3v) is 5.53. The smallest absolute Gasteiger partial charge is 0.228 e. The van der Waals surface area contributed by atoms with Gasteiger partial charge in [-0.15, -0.1) is 0 Å². The molecule has 2 heterocycles. The third kappa shape index (κ3) is 3.50. The highest BCUT2D eigenvalue weighted by Gasteiger charge is 2.40. The summed E-state index contributed by atoms with van der Waals surface area (Å²) in [5.41, 5.74) is 0.665. The summed E-state index contributed by atoms with van der Waals surface area (Å²) < 4.78 is 10.7. The van der Waals surface area contributed by atoms with E-state index in [1.54, 1.807) is 37.3 Å². The van der Waals surface area contributed by atoms with Gasteiger partial charge in [0.15, 0.2) is 0 Å². The van der Waals surface area contributed by atoms with Crippen molar-refractivity contribution in [1.29, 1.82) is 0 Å². The number of rotatable bonds is 5. The number of benzene rings is 1. The zero-order chi connectivity index (χ0) is 18.7. The van der Waals surface area contributed by atoms with Crippen LogP contribution in [0.25, 0.3) is 0 Å². The first-order valence-electron chi connectivity index (χ1n) is 9.41. The van der Waals surface area contributed by atoms with Crippen molar-refractivity contribution >= 4 is 17.5 Å². The molecule has 6 heteroatoms. The predicted molar refractivity (Wildman–Crippen MR) is 99.6 cm³/mol. The van der Waals surface area contributed by atoms with Gasteiger partial charge >= 0.3 is 0 Å². The minimum Gasteiger partial charge on any atom is -0.497 e. The van der Waals surface area contributed by atoms with Gasteiger partial charge in [-0.1, -0.05) is 6.92 Å². The summed E-state index contributed by atoms with van der Waals surface area (Å²) in [7, 11) is 3.17. The normalized spacial score (nSPS) is 23.3. The molecule has 0 N–H and O–H groups in total. The van der Waals surface area contributed by atoms with Crippen molar-refractivity contribution in [1.82, 2.24) is 4.90 Å². The molecule has 0 aliphatic carbocycles. The number of likely N-dealkylation sites (tertiary alicyclic amines) is 1. The van der Waals surface area contributed by atoms with Gasteiger partial charge in [-0.25, -0.2) is 0 Å². The molecule has 0 saturated carbocycles. The molecule has 0 spiro atoms. The number of ether oxygens (including phenoxy) is 2. The molecular weight excluding hydrogens is 332 g/mol. The third-order valence-electron chi connectivity index (χ3n) is 5.53. The van der Waals surface area contributed by atoms with E-state index in [9.17, 15) is 9.59 Å². The van der Waals surface area contributed by atoms with Gasteiger partial charge in [-0.2, -0.15) is 0 Å². The lowest BCUT2D eigenvalue weighted by molar-refractivity contribution is -0.139. The van der Waals surface area contributed by atoms with Crippen LogP contribution >= 0.6 is 0 Å². The van der Waals surface area contributed by atoms with Gasteiger partial charge in [0, 0.05) is 31.6 Å². The Morgan fingerprint density at radius 1 is 1.23 bits per heavy atom. The Balaban J connectivity index is 1.79. The maximum Gasteiger partial charge on any atom is 0.228 e. The fourth-order valence-electron chi connectivity index (χ4n) is 4.06. The van der Waals surface area contributed by atoms with Crippen LogP contribution in [0.1, 0.15) is 39.0 Å². The largest absolute Gasteiger partial charge is 0.497 e. The van der Waals surface area contributed by atoms with Gasteiger partial charge in [0.2, 0.25) is 11.8 Å². The summed E-state index contributed by atoms with van der Waals surface area (Å²) in [6.45, 7) is 3.34. The van der Waals surface area contributed by atoms with Crippen molar-refractivity contribution in [3.63, 3.8) is 0 Å². The van der Waals surface area contributed by atoms with E-state index >= 15 is 0 Å². The average Bonchev–Trinajstić information content (AvgIpc) is 3.08. The quantitative estimate of drug-likeness (QED) is 0.810. The Bertz CT molecular complexity index is 676. The number of nitrogens with zero attached hydrogens (tertiary/aromatic N) is 2. The van der Waals surface area contributed by atoms with E-state index in [4.69, 9.17) is 9.47 Å². The molecule has 0 aromatic heterocycles. The highest BCUT2D eigenvalue weighted by atomic mass is 16.5. The molecule has 2 atom stereocenters. The van der Waals surface area contributed by atoms with Crippen LogP contribution in [0, 0.1) is 5.92 Å². The number of amides is 2. The van der Waals surface area contributed by atoms with E-state index in [1.807, 2.05) is 4.90 Å². The van der Waals surface area contributed by atoms with Crippen LogP contribution in [-0.4, -0.2) is 50.1 Å². The Morgan fingerprint density at radius 3 is 2.73 bits per heavy atom. The molecule has 2 saturated heterocycles. The summed E-state index contributed by atoms with van der Waals surface area (Å²) in [5.74, 6) is 1.06. The van der Waals surface area contributed by atoms with Gasteiger partial charge in [-0.05, 0) is 37.8 Å². The summed E-state index contributed by atoms with van der Waals surface area (Å²) in [6, 6.07) is 5.69. The summed E-state index contributed by atoms with van der Waals surface area (Å²) in [4.78, 5) is 29.4. The summed E-state index contributed by atoms with van der Waals surface area (Å²) in [5, 5.41) is 0. The fraction of sp³-hybridized carbons (Fsp3) is 0.600. The van der Waals surface area contributed by atoms with Gasteiger partial charge in [-0.3, -0.25) is 9.59 Å². The Kier molecular flexibility index (Phi) is 5.69. The maximum absolute atomic E-state index is 13.1. The number of carbonyl (C=O) groups excluding carboxylic acids is 2. The molecule has 26 heavy (non-hydrogen) atoms. The zero-order valence-corrected chi connectivity index (χ0v) is 15.9. The van der Waals surface area contributed by atoms with Crippen molar-refractivity contribution in [2.45, 2.75) is 45.1 Å². The number of hydrogen-bond acceptors (Lipinski definition) is 4. The van der Waals surface area contributed by atoms with Crippen LogP contribution in [-0.2, 0) is 9.59 Å². The Morgan fingerprint density at radius 2 is 2.04 bits per heavy atom. The molecular formula is C20H28N2O4. The molecule has 2 fully saturated rings. The van der Waals surface area contributed by atoms with Crippen molar-refractivity contribution in [2.24, 2.45) is 5.92 Å². The lowest BCUT2D eigenvalue weighted by Crippen LogP contribution is -2.46. The topological polar surface area (TPSA) is 59.1 Å². The number of anilines is 1. The van der Waals surface area contributed by atoms with Gasteiger partial charge < -0.3 is 19.3 Å². The standard InChI is InChI=1S/C20H28N2O4/c1-4-15-7-5-6-10-21(15)20(24)14-11-19(23)22(13-14)17-12-16(25-2)8-9-18(17)26-3/h8-9,12,14-15H,4-7,10-11,13H2,1-3H3. The molecule has 2 aliphatic rings. The molecule has 142 valence electrons. The lowest BCUT2D eigenvalue weighted by atomic mass is 9.97. The number of hydrogen-bond donors (Lipinski definition) is 0. The number of piperidine rings is 1. The first-order chi connectivity index (χ1) is 12.6. The lowest BCUT2D eigenvalue weighted by Gasteiger charge is -2.36.